The zero-order valence-electron chi connectivity index (χ0n) is 21.8. The van der Waals surface area contributed by atoms with Crippen LogP contribution in [0.5, 0.6) is 0 Å². The fourth-order valence-electron chi connectivity index (χ4n) is 9.50. The number of likely N-dealkylation sites (N-methyl/N-ethyl adjacent to an activating group) is 1. The maximum Gasteiger partial charge on any atom is 0.128 e. The van der Waals surface area contributed by atoms with Crippen molar-refractivity contribution in [2.24, 2.45) is 28.2 Å². The Morgan fingerprint density at radius 2 is 1.50 bits per heavy atom. The van der Waals surface area contributed by atoms with E-state index < -0.39 is 0 Å². The topological polar surface area (TPSA) is 22.1 Å². The lowest BCUT2D eigenvalue weighted by Crippen LogP contribution is -2.58. The fraction of sp³-hybridized carbons (Fsp3) is 0.733. The van der Waals surface area contributed by atoms with Gasteiger partial charge in [-0.1, -0.05) is 55.2 Å². The van der Waals surface area contributed by atoms with E-state index in [2.05, 4.69) is 33.9 Å². The Morgan fingerprint density at radius 3 is 2.11 bits per heavy atom. The summed E-state index contributed by atoms with van der Waals surface area (Å²) in [4.78, 5) is 14.7. The highest BCUT2D eigenvalue weighted by molar-refractivity contribution is 7.80. The van der Waals surface area contributed by atoms with Gasteiger partial charge in [-0.05, 0) is 88.3 Å². The van der Waals surface area contributed by atoms with Crippen LogP contribution in [0.4, 0.5) is 5.69 Å². The number of piperazine rings is 1. The molecule has 5 aliphatic carbocycles. The van der Waals surface area contributed by atoms with E-state index in [4.69, 9.17) is 28.8 Å². The summed E-state index contributed by atoms with van der Waals surface area (Å²) in [5, 5.41) is 0.794. The second-order valence-electron chi connectivity index (χ2n) is 13.2. The number of anilines is 1. The normalized spacial score (nSPS) is 39.6. The number of aliphatic imine (C=N–C) groups is 1. The van der Waals surface area contributed by atoms with Crippen molar-refractivity contribution in [3.63, 3.8) is 0 Å². The van der Waals surface area contributed by atoms with Gasteiger partial charge in [0.05, 0.1) is 27.3 Å². The zero-order chi connectivity index (χ0) is 24.5. The van der Waals surface area contributed by atoms with Gasteiger partial charge in [0.2, 0.25) is 0 Å². The molecule has 2 heterocycles. The van der Waals surface area contributed by atoms with Crippen molar-refractivity contribution in [1.29, 1.82) is 0 Å². The molecule has 0 N–H and O–H groups in total. The first-order valence-corrected chi connectivity index (χ1v) is 15.4. The lowest BCUT2D eigenvalue weighted by molar-refractivity contribution is 0.000851. The fourth-order valence-corrected chi connectivity index (χ4v) is 10.2. The number of halogens is 1. The molecule has 4 bridgehead atoms. The van der Waals surface area contributed by atoms with Gasteiger partial charge in [-0.25, -0.2) is 0 Å². The van der Waals surface area contributed by atoms with Crippen molar-refractivity contribution in [2.75, 3.05) is 38.1 Å². The molecule has 0 aromatic heterocycles. The number of nitrogens with zero attached hydrogens (tertiary/aromatic N) is 4. The molecule has 0 unspecified atom stereocenters. The molecule has 36 heavy (non-hydrogen) atoms. The Kier molecular flexibility index (Phi) is 6.04. The van der Waals surface area contributed by atoms with Crippen molar-refractivity contribution >= 4 is 40.3 Å². The first-order valence-electron chi connectivity index (χ1n) is 14.6. The van der Waals surface area contributed by atoms with E-state index in [0.717, 1.165) is 59.6 Å². The molecule has 1 spiro atoms. The van der Waals surface area contributed by atoms with Crippen LogP contribution >= 0.6 is 23.8 Å². The molecule has 2 aliphatic heterocycles. The monoisotopic (exact) mass is 524 g/mol. The number of hydrogen-bond donors (Lipinski definition) is 0. The van der Waals surface area contributed by atoms with E-state index in [1.54, 1.807) is 0 Å². The first-order chi connectivity index (χ1) is 17.5. The van der Waals surface area contributed by atoms with Crippen LogP contribution in [-0.4, -0.2) is 65.4 Å². The van der Waals surface area contributed by atoms with E-state index in [0.29, 0.717) is 0 Å². The Morgan fingerprint density at radius 1 is 0.889 bits per heavy atom. The molecule has 7 fully saturated rings. The summed E-state index contributed by atoms with van der Waals surface area (Å²) in [5.41, 5.74) is 1.17. The molecular formula is C30H41ClN4S. The first kappa shape index (κ1) is 24.1. The maximum atomic E-state index is 6.91. The number of para-hydroxylation sites is 1. The van der Waals surface area contributed by atoms with Crippen molar-refractivity contribution < 1.29 is 0 Å². The largest absolute Gasteiger partial charge is 0.304 e. The summed E-state index contributed by atoms with van der Waals surface area (Å²) in [6, 6.07) is 8.63. The third kappa shape index (κ3) is 3.82. The average molecular weight is 525 g/mol. The SMILES string of the molecule is CN1CCN([C@H]2C(=NC34CC5CC(CC(C5)C3)C4)N(c3ccccc3Cl)C(=S)C23CCCCC3)CC1. The number of benzene rings is 1. The summed E-state index contributed by atoms with van der Waals surface area (Å²) in [6.07, 6.45) is 14.4. The van der Waals surface area contributed by atoms with E-state index in [1.165, 1.54) is 76.5 Å². The van der Waals surface area contributed by atoms with Crippen molar-refractivity contribution in [1.82, 2.24) is 9.80 Å². The number of thiocarbonyl (C=S) groups is 1. The zero-order valence-corrected chi connectivity index (χ0v) is 23.4. The van der Waals surface area contributed by atoms with Gasteiger partial charge >= 0.3 is 0 Å². The predicted octanol–water partition coefficient (Wildman–Crippen LogP) is 6.42. The van der Waals surface area contributed by atoms with Crippen LogP contribution in [0.2, 0.25) is 5.02 Å². The van der Waals surface area contributed by atoms with Crippen LogP contribution in [-0.2, 0) is 0 Å². The van der Waals surface area contributed by atoms with Crippen molar-refractivity contribution in [3.05, 3.63) is 29.3 Å². The van der Waals surface area contributed by atoms with Gasteiger partial charge < -0.3 is 4.90 Å². The minimum absolute atomic E-state index is 0.00376. The molecule has 2 saturated heterocycles. The van der Waals surface area contributed by atoms with Crippen LogP contribution in [0.25, 0.3) is 0 Å². The minimum Gasteiger partial charge on any atom is -0.304 e. The molecule has 1 atom stereocenters. The van der Waals surface area contributed by atoms with Gasteiger partial charge in [0.25, 0.3) is 0 Å². The highest BCUT2D eigenvalue weighted by Crippen LogP contribution is 2.58. The molecule has 7 aliphatic rings. The molecule has 5 saturated carbocycles. The maximum absolute atomic E-state index is 6.91. The highest BCUT2D eigenvalue weighted by Gasteiger charge is 2.59. The standard InChI is InChI=1S/C30H41ClN4S/c1-33-11-13-34(14-12-33)26-27(32-29-18-21-15-22(19-29)17-23(16-21)20-29)35(25-8-4-3-7-24(25)31)28(36)30(26)9-5-2-6-10-30/h3-4,7-8,21-23,26H,2,5-6,9-20H2,1H3/t21?,22?,23?,26-,29?/m0/s1. The smallest absolute Gasteiger partial charge is 0.128 e. The molecule has 6 heteroatoms. The predicted molar refractivity (Wildman–Crippen MR) is 153 cm³/mol. The van der Waals surface area contributed by atoms with Gasteiger partial charge in [-0.15, -0.1) is 0 Å². The van der Waals surface area contributed by atoms with E-state index in [1.807, 2.05) is 12.1 Å². The Balaban J connectivity index is 1.39. The lowest BCUT2D eigenvalue weighted by Gasteiger charge is -2.55. The van der Waals surface area contributed by atoms with Gasteiger partial charge in [0.15, 0.2) is 0 Å². The molecule has 1 aromatic carbocycles. The summed E-state index contributed by atoms with van der Waals surface area (Å²) in [6.45, 7) is 4.44. The van der Waals surface area contributed by atoms with E-state index in [-0.39, 0.29) is 17.0 Å². The minimum atomic E-state index is 0.00376. The van der Waals surface area contributed by atoms with Gasteiger partial charge in [0, 0.05) is 31.6 Å². The second kappa shape index (κ2) is 9.03. The van der Waals surface area contributed by atoms with Crippen LogP contribution in [0.3, 0.4) is 0 Å². The van der Waals surface area contributed by atoms with Crippen LogP contribution in [0, 0.1) is 23.2 Å². The van der Waals surface area contributed by atoms with Gasteiger partial charge in [-0.3, -0.25) is 14.8 Å². The molecule has 4 nitrogen and oxygen atoms in total. The number of amidine groups is 1. The molecule has 194 valence electrons. The van der Waals surface area contributed by atoms with Crippen LogP contribution in [0.15, 0.2) is 29.3 Å². The quantitative estimate of drug-likeness (QED) is 0.425. The van der Waals surface area contributed by atoms with E-state index in [9.17, 15) is 0 Å². The van der Waals surface area contributed by atoms with E-state index >= 15 is 0 Å². The third-order valence-electron chi connectivity index (χ3n) is 10.7. The van der Waals surface area contributed by atoms with Crippen molar-refractivity contribution in [2.45, 2.75) is 82.2 Å². The van der Waals surface area contributed by atoms with Crippen LogP contribution < -0.4 is 4.90 Å². The number of rotatable bonds is 3. The Labute approximate surface area is 227 Å². The second-order valence-corrected chi connectivity index (χ2v) is 14.0. The van der Waals surface area contributed by atoms with Crippen molar-refractivity contribution in [3.8, 4) is 0 Å². The molecule has 0 radical (unpaired) electrons. The average Bonchev–Trinajstić information content (AvgIpc) is 3.06. The van der Waals surface area contributed by atoms with Gasteiger partial charge in [-0.2, -0.15) is 0 Å². The summed E-state index contributed by atoms with van der Waals surface area (Å²) in [5.74, 6) is 3.90. The Bertz CT molecular complexity index is 1020. The molecular weight excluding hydrogens is 484 g/mol. The highest BCUT2D eigenvalue weighted by atomic mass is 35.5. The van der Waals surface area contributed by atoms with Gasteiger partial charge in [0.1, 0.15) is 5.84 Å². The Hall–Kier alpha value is -1.01. The molecule has 1 aromatic rings. The lowest BCUT2D eigenvalue weighted by atomic mass is 9.53. The third-order valence-corrected chi connectivity index (χ3v) is 11.6. The molecule has 0 amide bonds. The summed E-state index contributed by atoms with van der Waals surface area (Å²) >= 11 is 13.4. The molecule has 8 rings (SSSR count). The summed E-state index contributed by atoms with van der Waals surface area (Å²) < 4.78 is 0. The number of hydrogen-bond acceptors (Lipinski definition) is 4. The van der Waals surface area contributed by atoms with Crippen LogP contribution in [0.1, 0.15) is 70.6 Å². The summed E-state index contributed by atoms with van der Waals surface area (Å²) in [7, 11) is 2.26.